The van der Waals surface area contributed by atoms with Crippen molar-refractivity contribution < 1.29 is 48.3 Å². The van der Waals surface area contributed by atoms with Crippen LogP contribution in [0.15, 0.2) is 109 Å². The molecular formula is C95H138ClN9O10. The largest absolute Gasteiger partial charge is 0.465 e. The first-order valence-electron chi connectivity index (χ1n) is 43.0. The van der Waals surface area contributed by atoms with Crippen molar-refractivity contribution in [2.75, 3.05) is 152 Å². The monoisotopic (exact) mass is 1600 g/mol. The van der Waals surface area contributed by atoms with Crippen molar-refractivity contribution >= 4 is 52.9 Å². The number of anilines is 3. The van der Waals surface area contributed by atoms with Gasteiger partial charge in [-0.1, -0.05) is 138 Å². The van der Waals surface area contributed by atoms with Gasteiger partial charge in [0, 0.05) is 120 Å². The molecule has 20 heteroatoms. The molecule has 0 atom stereocenters. The van der Waals surface area contributed by atoms with Gasteiger partial charge >= 0.3 is 23.9 Å². The molecule has 3 aromatic carbocycles. The van der Waals surface area contributed by atoms with Crippen molar-refractivity contribution in [3.63, 3.8) is 0 Å². The van der Waals surface area contributed by atoms with Crippen molar-refractivity contribution in [3.8, 4) is 33.8 Å². The quantitative estimate of drug-likeness (QED) is 0.0189. The van der Waals surface area contributed by atoms with Gasteiger partial charge in [0.15, 0.2) is 11.8 Å². The molecule has 12 rings (SSSR count). The normalized spacial score (nSPS) is 18.4. The number of nitrogens with zero attached hydrogens (tertiary/aromatic N) is 8. The number of rotatable bonds is 27. The first-order valence-corrected chi connectivity index (χ1v) is 43.6. The zero-order valence-corrected chi connectivity index (χ0v) is 73.3. The Morgan fingerprint density at radius 2 is 0.678 bits per heavy atom. The third kappa shape index (κ3) is 24.4. The minimum atomic E-state index is -0.839. The second kappa shape index (κ2) is 41.7. The van der Waals surface area contributed by atoms with Gasteiger partial charge in [-0.25, -0.2) is 15.0 Å². The van der Waals surface area contributed by atoms with E-state index in [9.17, 15) is 29.4 Å². The van der Waals surface area contributed by atoms with Crippen LogP contribution in [-0.4, -0.2) is 196 Å². The number of aromatic nitrogens is 3. The van der Waals surface area contributed by atoms with Gasteiger partial charge in [-0.2, -0.15) is 0 Å². The second-order valence-corrected chi connectivity index (χ2v) is 36.5. The minimum absolute atomic E-state index is 0.0217. The molecule has 0 amide bonds. The summed E-state index contributed by atoms with van der Waals surface area (Å²) < 4.78 is 19.8. The standard InChI is InChI=1S/C33H47N3O4.C29H43N3O2.C23H31N3.C10H17ClO4/c1-7-39-30(37)25(31(38)40-8-2)11-10-18-35-19-21-36(22-20-35)29-13-9-12-28(34-29)24-14-15-26-27(23-24)33(5,6)17-16-32(26,3)4;1-28(2)12-13-29(3,4)25-19-23(10-11-24(25)28)26-8-5-9-27(30-26)32-17-15-31(16-18-32)14-6-7-22(20-33)21-34;1-22(2)10-11-23(3,4)19-16-17(8-9-18(19)22)20-6-5-7-21(25-20)26-14-12-24-13-15-26;1-3-14-9(12)8(6-5-7-11)10(13)15-4-2/h9,12-15,23,25H,7-8,10-11,16-22H2,1-6H3;5,8-11,19,22,33-34H,6-7,12-18,20-21H2,1-4H3;5-9,16,24H,10-15H2,1-4H3;8H,3-7H2,1-2H3. The van der Waals surface area contributed by atoms with E-state index in [0.717, 1.165) is 145 Å². The van der Waals surface area contributed by atoms with E-state index in [1.807, 2.05) is 0 Å². The molecular weight excluding hydrogens is 1460 g/mol. The molecule has 3 aliphatic heterocycles. The summed E-state index contributed by atoms with van der Waals surface area (Å²) in [6.45, 7) is 50.1. The Kier molecular flexibility index (Phi) is 33.2. The second-order valence-electron chi connectivity index (χ2n) is 36.1. The van der Waals surface area contributed by atoms with Gasteiger partial charge in [-0.15, -0.1) is 11.6 Å². The lowest BCUT2D eigenvalue weighted by Crippen LogP contribution is -2.47. The van der Waals surface area contributed by atoms with Crippen LogP contribution >= 0.6 is 11.6 Å². The third-order valence-electron chi connectivity index (χ3n) is 25.0. The summed E-state index contributed by atoms with van der Waals surface area (Å²) in [7, 11) is 0. The number of halogens is 1. The smallest absolute Gasteiger partial charge is 0.320 e. The number of aliphatic hydroxyl groups is 2. The van der Waals surface area contributed by atoms with Crippen LogP contribution in [0, 0.1) is 17.8 Å². The highest BCUT2D eigenvalue weighted by Crippen LogP contribution is 2.50. The Hall–Kier alpha value is -7.52. The molecule has 3 saturated heterocycles. The molecule has 3 fully saturated rings. The van der Waals surface area contributed by atoms with Crippen LogP contribution in [-0.2, 0) is 70.6 Å². The maximum atomic E-state index is 12.3. The molecule has 3 aromatic heterocycles. The predicted octanol–water partition coefficient (Wildman–Crippen LogP) is 16.6. The van der Waals surface area contributed by atoms with E-state index in [2.05, 4.69) is 222 Å². The average Bonchev–Trinajstić information content (AvgIpc) is 0.762. The lowest BCUT2D eigenvalue weighted by molar-refractivity contribution is -0.163. The number of piperazine rings is 3. The molecule has 3 N–H and O–H groups in total. The Bertz CT molecular complexity index is 4100. The highest BCUT2D eigenvalue weighted by molar-refractivity contribution is 6.17. The van der Waals surface area contributed by atoms with Gasteiger partial charge in [-0.05, 0) is 238 Å². The fraction of sp³-hybridized carbons (Fsp3) is 0.611. The van der Waals surface area contributed by atoms with Gasteiger partial charge in [0.25, 0.3) is 0 Å². The van der Waals surface area contributed by atoms with Gasteiger partial charge in [0.2, 0.25) is 0 Å². The van der Waals surface area contributed by atoms with E-state index in [-0.39, 0.29) is 78.0 Å². The number of aliphatic hydroxyl groups excluding tert-OH is 2. The van der Waals surface area contributed by atoms with E-state index >= 15 is 0 Å². The van der Waals surface area contributed by atoms with E-state index < -0.39 is 35.7 Å². The van der Waals surface area contributed by atoms with Gasteiger partial charge in [0.05, 0.1) is 43.5 Å². The number of hydrogen-bond acceptors (Lipinski definition) is 19. The van der Waals surface area contributed by atoms with E-state index in [1.54, 1.807) is 27.7 Å². The number of hydrogen-bond donors (Lipinski definition) is 3. The van der Waals surface area contributed by atoms with Crippen LogP contribution in [0.3, 0.4) is 0 Å². The van der Waals surface area contributed by atoms with Crippen molar-refractivity contribution in [2.45, 2.75) is 220 Å². The lowest BCUT2D eigenvalue weighted by atomic mass is 9.63. The first kappa shape index (κ1) is 91.4. The summed E-state index contributed by atoms with van der Waals surface area (Å²) >= 11 is 5.50. The predicted molar refractivity (Wildman–Crippen MR) is 467 cm³/mol. The highest BCUT2D eigenvalue weighted by atomic mass is 35.5. The lowest BCUT2D eigenvalue weighted by Gasteiger charge is -2.42. The SMILES string of the molecule is CC1(C)CCC(C)(C)c2cc(-c3cccc(N4CCN(CCCC(CO)CO)CC4)n3)ccc21.CC1(C)CCC(C)(C)c2cc(-c3cccc(N4CCNCC4)n3)ccc21.CCOC(=O)C(CCCCl)C(=O)OCC.CCOC(=O)C(CCCN1CCN(c2cccc(-c3ccc4c(c3)C(C)(C)CCC4(C)C)n2)CC1)C(=O)OCC. The fourth-order valence-corrected chi connectivity index (χ4v) is 17.3. The third-order valence-corrected chi connectivity index (χ3v) is 25.2. The maximum Gasteiger partial charge on any atom is 0.320 e. The zero-order valence-electron chi connectivity index (χ0n) is 72.6. The summed E-state index contributed by atoms with van der Waals surface area (Å²) in [6.07, 6.45) is 11.4. The van der Waals surface area contributed by atoms with Crippen LogP contribution in [0.25, 0.3) is 33.8 Å². The number of benzene rings is 3. The van der Waals surface area contributed by atoms with Gasteiger partial charge in [-0.3, -0.25) is 29.0 Å². The van der Waals surface area contributed by atoms with Crippen LogP contribution in [0.2, 0.25) is 0 Å². The first-order chi connectivity index (χ1) is 54.8. The number of ether oxygens (including phenoxy) is 4. The van der Waals surface area contributed by atoms with E-state index in [1.165, 1.54) is 88.6 Å². The van der Waals surface area contributed by atoms with Crippen molar-refractivity contribution in [2.24, 2.45) is 17.8 Å². The Balaban J connectivity index is 0.000000184. The molecule has 0 bridgehead atoms. The number of nitrogens with one attached hydrogen (secondary N) is 1. The Morgan fingerprint density at radius 3 is 0.974 bits per heavy atom. The topological polar surface area (TPSA) is 213 Å². The summed E-state index contributed by atoms with van der Waals surface area (Å²) in [6, 6.07) is 40.2. The molecule has 3 aliphatic carbocycles. The molecule has 0 radical (unpaired) electrons. The summed E-state index contributed by atoms with van der Waals surface area (Å²) in [5.74, 6) is -0.0796. The Morgan fingerprint density at radius 1 is 0.391 bits per heavy atom. The molecule has 6 aromatic rings. The van der Waals surface area contributed by atoms with Gasteiger partial charge in [0.1, 0.15) is 17.5 Å². The molecule has 115 heavy (non-hydrogen) atoms. The van der Waals surface area contributed by atoms with Crippen molar-refractivity contribution in [1.82, 2.24) is 30.1 Å². The number of fused-ring (bicyclic) bond motifs is 3. The van der Waals surface area contributed by atoms with Crippen LogP contribution < -0.4 is 20.0 Å². The van der Waals surface area contributed by atoms with E-state index in [4.69, 9.17) is 45.5 Å². The number of carbonyl (C=O) groups is 4. The average molecular weight is 1600 g/mol. The fourth-order valence-electron chi connectivity index (χ4n) is 17.1. The number of pyridine rings is 3. The maximum absolute atomic E-state index is 12.3. The van der Waals surface area contributed by atoms with Crippen LogP contribution in [0.5, 0.6) is 0 Å². The molecule has 630 valence electrons. The molecule has 19 nitrogen and oxygen atoms in total. The number of carbonyl (C=O) groups excluding carboxylic acids is 4. The molecule has 6 aliphatic rings. The van der Waals surface area contributed by atoms with Crippen molar-refractivity contribution in [1.29, 1.82) is 0 Å². The van der Waals surface area contributed by atoms with Gasteiger partial charge < -0.3 is 49.2 Å². The molecule has 0 spiro atoms. The van der Waals surface area contributed by atoms with E-state index in [0.29, 0.717) is 25.1 Å². The van der Waals surface area contributed by atoms with Crippen molar-refractivity contribution in [3.05, 3.63) is 143 Å². The highest BCUT2D eigenvalue weighted by Gasteiger charge is 2.41. The number of esters is 4. The van der Waals surface area contributed by atoms with Crippen LogP contribution in [0.1, 0.15) is 221 Å². The summed E-state index contributed by atoms with van der Waals surface area (Å²) in [5, 5.41) is 21.9. The summed E-state index contributed by atoms with van der Waals surface area (Å²) in [4.78, 5) is 74.5. The van der Waals surface area contributed by atoms with Crippen LogP contribution in [0.4, 0.5) is 17.5 Å². The zero-order chi connectivity index (χ0) is 83.3. The molecule has 0 saturated carbocycles. The minimum Gasteiger partial charge on any atom is -0.465 e. The summed E-state index contributed by atoms with van der Waals surface area (Å²) in [5.41, 5.74) is 17.0. The molecule has 0 unspecified atom stereocenters. The number of alkyl halides is 1. The Labute approximate surface area is 693 Å². The molecule has 6 heterocycles.